The first-order valence-corrected chi connectivity index (χ1v) is 12.3. The summed E-state index contributed by atoms with van der Waals surface area (Å²) in [7, 11) is 4.80. The van der Waals surface area contributed by atoms with Crippen molar-refractivity contribution >= 4 is 49.8 Å². The molecule has 0 saturated carbocycles. The summed E-state index contributed by atoms with van der Waals surface area (Å²) >= 11 is 1.42. The van der Waals surface area contributed by atoms with Crippen molar-refractivity contribution in [2.24, 2.45) is 0 Å². The van der Waals surface area contributed by atoms with Crippen LogP contribution < -0.4 is 18.9 Å². The van der Waals surface area contributed by atoms with E-state index in [0.717, 1.165) is 26.6 Å². The van der Waals surface area contributed by atoms with Crippen molar-refractivity contribution < 1.29 is 28.8 Å². The molecular formula is C30H24O6S. The third-order valence-corrected chi connectivity index (χ3v) is 7.08. The molecule has 0 amide bonds. The van der Waals surface area contributed by atoms with E-state index in [1.807, 2.05) is 66.7 Å². The van der Waals surface area contributed by atoms with Crippen molar-refractivity contribution in [3.05, 3.63) is 89.3 Å². The minimum absolute atomic E-state index is 0.168. The SMILES string of the molecule is COc1ccc2cc(Oc3c(/C=C(/C(=O)O)c4ccccc4)sc4cc(OC)c(OC)cc34)ccc2c1. The first-order valence-electron chi connectivity index (χ1n) is 11.5. The van der Waals surface area contributed by atoms with Gasteiger partial charge in [-0.25, -0.2) is 4.79 Å². The van der Waals surface area contributed by atoms with Gasteiger partial charge in [-0.15, -0.1) is 11.3 Å². The minimum Gasteiger partial charge on any atom is -0.497 e. The van der Waals surface area contributed by atoms with Gasteiger partial charge >= 0.3 is 5.97 Å². The van der Waals surface area contributed by atoms with Crippen molar-refractivity contribution in [3.63, 3.8) is 0 Å². The predicted molar refractivity (Wildman–Crippen MR) is 147 cm³/mol. The zero-order chi connectivity index (χ0) is 25.9. The summed E-state index contributed by atoms with van der Waals surface area (Å²) in [5.74, 6) is 2.06. The van der Waals surface area contributed by atoms with Gasteiger partial charge in [-0.2, -0.15) is 0 Å². The van der Waals surface area contributed by atoms with E-state index in [2.05, 4.69) is 0 Å². The number of hydrogen-bond acceptors (Lipinski definition) is 6. The smallest absolute Gasteiger partial charge is 0.336 e. The third-order valence-electron chi connectivity index (χ3n) is 6.00. The van der Waals surface area contributed by atoms with Crippen molar-refractivity contribution in [3.8, 4) is 28.7 Å². The maximum absolute atomic E-state index is 12.2. The third kappa shape index (κ3) is 4.81. The first kappa shape index (κ1) is 24.2. The zero-order valence-corrected chi connectivity index (χ0v) is 21.3. The number of hydrogen-bond donors (Lipinski definition) is 1. The summed E-state index contributed by atoms with van der Waals surface area (Å²) in [4.78, 5) is 12.9. The van der Waals surface area contributed by atoms with Crippen molar-refractivity contribution in [1.82, 2.24) is 0 Å². The monoisotopic (exact) mass is 512 g/mol. The van der Waals surface area contributed by atoms with E-state index in [1.165, 1.54) is 11.3 Å². The first-order chi connectivity index (χ1) is 18.0. The Labute approximate surface area is 217 Å². The quantitative estimate of drug-likeness (QED) is 0.217. The fraction of sp³-hybridized carbons (Fsp3) is 0.100. The van der Waals surface area contributed by atoms with Crippen LogP contribution >= 0.6 is 11.3 Å². The van der Waals surface area contributed by atoms with Gasteiger partial charge in [0.15, 0.2) is 17.2 Å². The van der Waals surface area contributed by atoms with Crippen LogP contribution in [0.5, 0.6) is 28.7 Å². The van der Waals surface area contributed by atoms with E-state index in [1.54, 1.807) is 39.5 Å². The van der Waals surface area contributed by atoms with Crippen LogP contribution in [0.25, 0.3) is 32.5 Å². The number of carboxylic acids is 1. The number of fused-ring (bicyclic) bond motifs is 2. The standard InChI is InChI=1S/C30H24O6S/c1-33-21-11-9-20-14-22(12-10-19(20)13-21)36-29-24-15-25(34-2)26(35-3)17-27(24)37-28(29)16-23(30(31)32)18-7-5-4-6-8-18/h4-17H,1-3H3,(H,31,32)/b23-16+. The second kappa shape index (κ2) is 10.2. The predicted octanol–water partition coefficient (Wildman–Crippen LogP) is 7.50. The Morgan fingerprint density at radius 2 is 1.43 bits per heavy atom. The van der Waals surface area contributed by atoms with Gasteiger partial charge in [-0.3, -0.25) is 0 Å². The molecule has 0 aliphatic rings. The van der Waals surface area contributed by atoms with E-state index in [4.69, 9.17) is 18.9 Å². The lowest BCUT2D eigenvalue weighted by Gasteiger charge is -2.11. The lowest BCUT2D eigenvalue weighted by molar-refractivity contribution is -0.130. The molecule has 0 fully saturated rings. The van der Waals surface area contributed by atoms with E-state index in [0.29, 0.717) is 33.4 Å². The van der Waals surface area contributed by atoms with Crippen LogP contribution in [0.4, 0.5) is 0 Å². The summed E-state index contributed by atoms with van der Waals surface area (Å²) in [6.07, 6.45) is 1.66. The molecule has 5 rings (SSSR count). The summed E-state index contributed by atoms with van der Waals surface area (Å²) in [6, 6.07) is 24.4. The Morgan fingerprint density at radius 1 is 0.784 bits per heavy atom. The molecule has 0 aliphatic heterocycles. The topological polar surface area (TPSA) is 74.2 Å². The van der Waals surface area contributed by atoms with Crippen LogP contribution in [-0.4, -0.2) is 32.4 Å². The number of rotatable bonds is 8. The molecule has 1 N–H and O–H groups in total. The number of methoxy groups -OCH3 is 3. The molecule has 0 saturated heterocycles. The molecule has 7 heteroatoms. The average molecular weight is 513 g/mol. The van der Waals surface area contributed by atoms with Gasteiger partial charge in [0.25, 0.3) is 0 Å². The number of benzene rings is 4. The second-order valence-electron chi connectivity index (χ2n) is 8.20. The zero-order valence-electron chi connectivity index (χ0n) is 20.5. The molecule has 37 heavy (non-hydrogen) atoms. The number of thiophene rings is 1. The van der Waals surface area contributed by atoms with Crippen LogP contribution in [0.2, 0.25) is 0 Å². The van der Waals surface area contributed by atoms with Crippen LogP contribution in [0.3, 0.4) is 0 Å². The molecule has 0 spiro atoms. The van der Waals surface area contributed by atoms with E-state index in [9.17, 15) is 9.90 Å². The van der Waals surface area contributed by atoms with Crippen LogP contribution in [0.15, 0.2) is 78.9 Å². The maximum atomic E-state index is 12.2. The van der Waals surface area contributed by atoms with Gasteiger partial charge < -0.3 is 24.1 Å². The second-order valence-corrected chi connectivity index (χ2v) is 9.29. The number of aliphatic carboxylic acids is 1. The van der Waals surface area contributed by atoms with Crippen molar-refractivity contribution in [2.45, 2.75) is 0 Å². The Bertz CT molecular complexity index is 1640. The van der Waals surface area contributed by atoms with Gasteiger partial charge in [-0.05, 0) is 52.7 Å². The average Bonchev–Trinajstić information content (AvgIpc) is 3.26. The summed E-state index contributed by atoms with van der Waals surface area (Å²) < 4.78 is 23.7. The van der Waals surface area contributed by atoms with Crippen molar-refractivity contribution in [1.29, 1.82) is 0 Å². The van der Waals surface area contributed by atoms with Crippen LogP contribution in [0, 0.1) is 0 Å². The fourth-order valence-electron chi connectivity index (χ4n) is 4.15. The molecule has 1 aromatic heterocycles. The van der Waals surface area contributed by atoms with Gasteiger partial charge in [-0.1, -0.05) is 42.5 Å². The molecule has 1 heterocycles. The minimum atomic E-state index is -1.02. The van der Waals surface area contributed by atoms with Gasteiger partial charge in [0, 0.05) is 16.2 Å². The Hall–Kier alpha value is -4.49. The summed E-state index contributed by atoms with van der Waals surface area (Å²) in [6.45, 7) is 0. The Balaban J connectivity index is 1.68. The normalized spacial score (nSPS) is 11.5. The number of ether oxygens (including phenoxy) is 4. The molecule has 0 atom stereocenters. The molecule has 186 valence electrons. The Kier molecular flexibility index (Phi) is 6.70. The lowest BCUT2D eigenvalue weighted by Crippen LogP contribution is -1.99. The fourth-order valence-corrected chi connectivity index (χ4v) is 5.23. The molecule has 0 aliphatic carbocycles. The maximum Gasteiger partial charge on any atom is 0.336 e. The van der Waals surface area contributed by atoms with E-state index < -0.39 is 5.97 Å². The van der Waals surface area contributed by atoms with E-state index in [-0.39, 0.29) is 5.57 Å². The van der Waals surface area contributed by atoms with Crippen molar-refractivity contribution in [2.75, 3.05) is 21.3 Å². The highest BCUT2D eigenvalue weighted by molar-refractivity contribution is 7.20. The summed E-state index contributed by atoms with van der Waals surface area (Å²) in [5, 5.41) is 12.8. The van der Waals surface area contributed by atoms with Crippen LogP contribution in [-0.2, 0) is 4.79 Å². The van der Waals surface area contributed by atoms with E-state index >= 15 is 0 Å². The molecule has 0 radical (unpaired) electrons. The highest BCUT2D eigenvalue weighted by Crippen LogP contribution is 2.46. The number of carbonyl (C=O) groups is 1. The molecular weight excluding hydrogens is 488 g/mol. The highest BCUT2D eigenvalue weighted by Gasteiger charge is 2.20. The molecule has 0 unspecified atom stereocenters. The largest absolute Gasteiger partial charge is 0.497 e. The number of carboxylic acid groups (broad SMARTS) is 1. The van der Waals surface area contributed by atoms with Gasteiger partial charge in [0.1, 0.15) is 11.5 Å². The van der Waals surface area contributed by atoms with Gasteiger partial charge in [0.2, 0.25) is 0 Å². The highest BCUT2D eigenvalue weighted by atomic mass is 32.1. The molecule has 0 bridgehead atoms. The molecule has 6 nitrogen and oxygen atoms in total. The molecule has 5 aromatic rings. The van der Waals surface area contributed by atoms with Crippen LogP contribution in [0.1, 0.15) is 10.4 Å². The summed E-state index contributed by atoms with van der Waals surface area (Å²) in [5.41, 5.74) is 0.773. The Morgan fingerprint density at radius 3 is 2.08 bits per heavy atom. The van der Waals surface area contributed by atoms with Gasteiger partial charge in [0.05, 0.1) is 31.8 Å². The molecule has 4 aromatic carbocycles. The lowest BCUT2D eigenvalue weighted by atomic mass is 10.1.